The molecule has 0 spiro atoms. The van der Waals surface area contributed by atoms with Crippen molar-refractivity contribution in [2.75, 3.05) is 12.4 Å². The highest BCUT2D eigenvalue weighted by atomic mass is 32.2. The minimum atomic E-state index is -0.282. The summed E-state index contributed by atoms with van der Waals surface area (Å²) < 4.78 is 8.49. The quantitative estimate of drug-likeness (QED) is 0.455. The lowest BCUT2D eigenvalue weighted by Crippen LogP contribution is -2.30. The van der Waals surface area contributed by atoms with Crippen LogP contribution in [-0.2, 0) is 5.75 Å². The van der Waals surface area contributed by atoms with Crippen LogP contribution in [0.25, 0.3) is 0 Å². The van der Waals surface area contributed by atoms with Crippen molar-refractivity contribution in [3.63, 3.8) is 0 Å². The zero-order chi connectivity index (χ0) is 20.9. The van der Waals surface area contributed by atoms with E-state index in [4.69, 9.17) is 4.74 Å². The second-order valence-electron chi connectivity index (χ2n) is 6.64. The molecule has 0 aliphatic carbocycles. The number of ether oxygens (including phenoxy) is 1. The molecule has 2 heterocycles. The predicted octanol–water partition coefficient (Wildman–Crippen LogP) is 4.10. The molecule has 0 amide bonds. The Morgan fingerprint density at radius 3 is 2.53 bits per heavy atom. The second-order valence-corrected chi connectivity index (χ2v) is 7.58. The highest BCUT2D eigenvalue weighted by Crippen LogP contribution is 2.23. The first kappa shape index (κ1) is 19.8. The van der Waals surface area contributed by atoms with Gasteiger partial charge in [-0.1, -0.05) is 41.6 Å². The van der Waals surface area contributed by atoms with Crippen LogP contribution in [0.3, 0.4) is 0 Å². The number of aryl methyl sites for hydroxylation is 1. The Hall–Kier alpha value is -3.52. The van der Waals surface area contributed by atoms with Crippen LogP contribution in [-0.4, -0.2) is 26.7 Å². The molecule has 0 radical (unpaired) electrons. The molecule has 0 atom stereocenters. The van der Waals surface area contributed by atoms with Crippen LogP contribution >= 0.6 is 11.8 Å². The molecular formula is C22H21N5O2S. The topological polar surface area (TPSA) is 74.0 Å². The van der Waals surface area contributed by atoms with E-state index in [9.17, 15) is 4.79 Å². The van der Waals surface area contributed by atoms with Crippen molar-refractivity contribution in [2.45, 2.75) is 17.8 Å². The van der Waals surface area contributed by atoms with E-state index in [0.717, 1.165) is 22.6 Å². The maximum Gasteiger partial charge on any atom is 0.316 e. The molecule has 0 aliphatic heterocycles. The maximum atomic E-state index is 13.2. The van der Waals surface area contributed by atoms with Gasteiger partial charge in [-0.3, -0.25) is 9.47 Å². The Bertz CT molecular complexity index is 1190. The summed E-state index contributed by atoms with van der Waals surface area (Å²) in [5.41, 5.74) is 2.70. The van der Waals surface area contributed by atoms with Crippen molar-refractivity contribution in [3.8, 4) is 5.75 Å². The van der Waals surface area contributed by atoms with Crippen LogP contribution < -0.4 is 15.6 Å². The molecule has 0 aliphatic rings. The van der Waals surface area contributed by atoms with E-state index in [-0.39, 0.29) is 11.4 Å². The summed E-state index contributed by atoms with van der Waals surface area (Å²) in [6, 6.07) is 19.3. The van der Waals surface area contributed by atoms with Crippen molar-refractivity contribution in [1.29, 1.82) is 0 Å². The lowest BCUT2D eigenvalue weighted by Gasteiger charge is -2.14. The Kier molecular flexibility index (Phi) is 5.85. The molecule has 8 heteroatoms. The number of rotatable bonds is 7. The number of aromatic nitrogens is 4. The lowest BCUT2D eigenvalue weighted by atomic mass is 10.2. The highest BCUT2D eigenvalue weighted by molar-refractivity contribution is 7.98. The molecule has 0 bridgehead atoms. The summed E-state index contributed by atoms with van der Waals surface area (Å²) in [4.78, 5) is 13.2. The van der Waals surface area contributed by atoms with Crippen molar-refractivity contribution in [1.82, 2.24) is 19.5 Å². The number of nitrogens with zero attached hydrogens (tertiary/aromatic N) is 4. The van der Waals surface area contributed by atoms with Gasteiger partial charge in [0.05, 0.1) is 7.11 Å². The van der Waals surface area contributed by atoms with Crippen LogP contribution in [0.4, 0.5) is 11.5 Å². The van der Waals surface area contributed by atoms with E-state index >= 15 is 0 Å². The fraction of sp³-hybridized carbons (Fsp3) is 0.136. The molecule has 0 fully saturated rings. The molecule has 0 saturated carbocycles. The fourth-order valence-electron chi connectivity index (χ4n) is 2.88. The Balaban J connectivity index is 1.65. The molecular weight excluding hydrogens is 398 g/mol. The fourth-order valence-corrected chi connectivity index (χ4v) is 3.75. The minimum absolute atomic E-state index is 0.165. The average molecular weight is 420 g/mol. The van der Waals surface area contributed by atoms with Crippen LogP contribution in [0.5, 0.6) is 5.75 Å². The number of hydrogen-bond donors (Lipinski definition) is 1. The van der Waals surface area contributed by atoms with Crippen molar-refractivity contribution in [2.24, 2.45) is 0 Å². The van der Waals surface area contributed by atoms with Crippen LogP contribution in [0.15, 0.2) is 83.0 Å². The molecule has 152 valence electrons. The Morgan fingerprint density at radius 2 is 1.80 bits per heavy atom. The van der Waals surface area contributed by atoms with Crippen molar-refractivity contribution in [3.05, 3.63) is 94.5 Å². The van der Waals surface area contributed by atoms with Gasteiger partial charge in [-0.2, -0.15) is 4.68 Å². The second kappa shape index (κ2) is 8.87. The number of hydrogen-bond acceptors (Lipinski definition) is 6. The number of thioether (sulfide) groups is 1. The lowest BCUT2D eigenvalue weighted by molar-refractivity contribution is 0.414. The first-order chi connectivity index (χ1) is 14.6. The largest absolute Gasteiger partial charge is 0.497 e. The van der Waals surface area contributed by atoms with Gasteiger partial charge in [0.15, 0.2) is 0 Å². The zero-order valence-electron chi connectivity index (χ0n) is 16.6. The summed E-state index contributed by atoms with van der Waals surface area (Å²) in [5, 5.41) is 12.1. The summed E-state index contributed by atoms with van der Waals surface area (Å²) in [6.45, 7) is 2.01. The third-order valence-electron chi connectivity index (χ3n) is 4.45. The molecule has 2 aromatic heterocycles. The van der Waals surface area contributed by atoms with E-state index in [2.05, 4.69) is 15.5 Å². The number of nitrogens with one attached hydrogen (secondary N) is 1. The van der Waals surface area contributed by atoms with Crippen LogP contribution in [0.2, 0.25) is 0 Å². The first-order valence-electron chi connectivity index (χ1n) is 9.37. The summed E-state index contributed by atoms with van der Waals surface area (Å²) in [7, 11) is 1.64. The van der Waals surface area contributed by atoms with E-state index in [0.29, 0.717) is 10.9 Å². The van der Waals surface area contributed by atoms with Gasteiger partial charge in [-0.15, -0.1) is 10.2 Å². The normalized spacial score (nSPS) is 10.7. The van der Waals surface area contributed by atoms with Crippen LogP contribution in [0.1, 0.15) is 11.1 Å². The molecule has 2 aromatic carbocycles. The van der Waals surface area contributed by atoms with E-state index in [1.54, 1.807) is 24.2 Å². The monoisotopic (exact) mass is 419 g/mol. The zero-order valence-corrected chi connectivity index (χ0v) is 17.5. The van der Waals surface area contributed by atoms with Crippen molar-refractivity contribution >= 4 is 23.3 Å². The SMILES string of the molecule is COc1cccc(CSc2nnc(Nc3ccc(C)cc3)c(=O)n2-n2cccc2)c1. The van der Waals surface area contributed by atoms with Crippen molar-refractivity contribution < 1.29 is 4.74 Å². The van der Waals surface area contributed by atoms with Gasteiger partial charge in [0.25, 0.3) is 0 Å². The van der Waals surface area contributed by atoms with Gasteiger partial charge >= 0.3 is 5.56 Å². The highest BCUT2D eigenvalue weighted by Gasteiger charge is 2.14. The van der Waals surface area contributed by atoms with Gasteiger partial charge in [-0.25, -0.2) is 0 Å². The Morgan fingerprint density at radius 1 is 1.03 bits per heavy atom. The molecule has 4 aromatic rings. The summed E-state index contributed by atoms with van der Waals surface area (Å²) >= 11 is 1.43. The maximum absolute atomic E-state index is 13.2. The Labute approximate surface area is 178 Å². The summed E-state index contributed by atoms with van der Waals surface area (Å²) in [5.74, 6) is 1.58. The first-order valence-corrected chi connectivity index (χ1v) is 10.4. The third-order valence-corrected chi connectivity index (χ3v) is 5.44. The third kappa shape index (κ3) is 4.38. The molecule has 0 unspecified atom stereocenters. The van der Waals surface area contributed by atoms with Gasteiger partial charge in [0.2, 0.25) is 11.0 Å². The average Bonchev–Trinajstić information content (AvgIpc) is 3.30. The van der Waals surface area contributed by atoms with Gasteiger partial charge in [0, 0.05) is 23.8 Å². The molecule has 1 N–H and O–H groups in total. The standard InChI is InChI=1S/C22H21N5O2S/c1-16-8-10-18(11-9-16)23-20-21(28)27(26-12-3-4-13-26)22(25-24-20)30-15-17-6-5-7-19(14-17)29-2/h3-14H,15H2,1-2H3,(H,23,24). The van der Waals surface area contributed by atoms with Crippen LogP contribution in [0, 0.1) is 6.92 Å². The molecule has 4 rings (SSSR count). The number of methoxy groups -OCH3 is 1. The molecule has 0 saturated heterocycles. The predicted molar refractivity (Wildman–Crippen MR) is 119 cm³/mol. The van der Waals surface area contributed by atoms with Gasteiger partial charge < -0.3 is 10.1 Å². The molecule has 7 nitrogen and oxygen atoms in total. The molecule has 30 heavy (non-hydrogen) atoms. The van der Waals surface area contributed by atoms with E-state index in [1.807, 2.05) is 67.6 Å². The van der Waals surface area contributed by atoms with E-state index < -0.39 is 0 Å². The number of anilines is 2. The summed E-state index contributed by atoms with van der Waals surface area (Å²) in [6.07, 6.45) is 3.60. The van der Waals surface area contributed by atoms with E-state index in [1.165, 1.54) is 16.4 Å². The number of benzene rings is 2. The smallest absolute Gasteiger partial charge is 0.316 e. The van der Waals surface area contributed by atoms with Gasteiger partial charge in [-0.05, 0) is 48.9 Å². The minimum Gasteiger partial charge on any atom is -0.497 e. The van der Waals surface area contributed by atoms with Gasteiger partial charge in [0.1, 0.15) is 5.75 Å².